The van der Waals surface area contributed by atoms with E-state index in [-0.39, 0.29) is 31.1 Å². The first-order valence-electron chi connectivity index (χ1n) is 34.0. The molecule has 0 aromatic heterocycles. The normalized spacial score (nSPS) is 11.9. The van der Waals surface area contributed by atoms with Crippen LogP contribution in [0.15, 0.2) is 0 Å². The average molecular weight is 1050 g/mol. The van der Waals surface area contributed by atoms with Crippen molar-refractivity contribution in [2.75, 3.05) is 13.2 Å². The summed E-state index contributed by atoms with van der Waals surface area (Å²) in [5.74, 6) is -0.824. The minimum atomic E-state index is -0.762. The number of carbonyl (C=O) groups is 3. The van der Waals surface area contributed by atoms with Gasteiger partial charge in [0.1, 0.15) is 13.2 Å². The van der Waals surface area contributed by atoms with Gasteiger partial charge in [0.05, 0.1) is 0 Å². The van der Waals surface area contributed by atoms with E-state index in [9.17, 15) is 14.4 Å². The van der Waals surface area contributed by atoms with Crippen LogP contribution in [0.25, 0.3) is 0 Å². The van der Waals surface area contributed by atoms with Crippen LogP contribution >= 0.6 is 0 Å². The lowest BCUT2D eigenvalue weighted by Crippen LogP contribution is -2.30. The van der Waals surface area contributed by atoms with Gasteiger partial charge in [-0.1, -0.05) is 361 Å². The second-order valence-corrected chi connectivity index (χ2v) is 23.5. The van der Waals surface area contributed by atoms with Gasteiger partial charge in [0.25, 0.3) is 0 Å². The minimum Gasteiger partial charge on any atom is -0.462 e. The highest BCUT2D eigenvalue weighted by molar-refractivity contribution is 5.71. The Morgan fingerprint density at radius 2 is 0.365 bits per heavy atom. The lowest BCUT2D eigenvalue weighted by atomic mass is 10.0. The van der Waals surface area contributed by atoms with E-state index in [4.69, 9.17) is 14.2 Å². The molecule has 0 aromatic rings. The Hall–Kier alpha value is -1.59. The van der Waals surface area contributed by atoms with Gasteiger partial charge in [0, 0.05) is 19.3 Å². The predicted molar refractivity (Wildman–Crippen MR) is 321 cm³/mol. The number of hydrogen-bond donors (Lipinski definition) is 0. The van der Waals surface area contributed by atoms with Gasteiger partial charge in [-0.25, -0.2) is 0 Å². The zero-order valence-electron chi connectivity index (χ0n) is 50.7. The largest absolute Gasteiger partial charge is 0.462 e. The first-order valence-corrected chi connectivity index (χ1v) is 34.0. The van der Waals surface area contributed by atoms with Crippen molar-refractivity contribution in [3.8, 4) is 0 Å². The Kier molecular flexibility index (Phi) is 62.6. The third-order valence-corrected chi connectivity index (χ3v) is 15.9. The molecule has 0 N–H and O–H groups in total. The zero-order chi connectivity index (χ0) is 53.6. The monoisotopic (exact) mass is 1050 g/mol. The predicted octanol–water partition coefficient (Wildman–Crippen LogP) is 23.1. The quantitative estimate of drug-likeness (QED) is 0.0343. The van der Waals surface area contributed by atoms with E-state index >= 15 is 0 Å². The van der Waals surface area contributed by atoms with E-state index in [0.717, 1.165) is 57.8 Å². The molecule has 74 heavy (non-hydrogen) atoms. The van der Waals surface area contributed by atoms with Crippen molar-refractivity contribution in [1.82, 2.24) is 0 Å². The Morgan fingerprint density at radius 1 is 0.216 bits per heavy atom. The summed E-state index contributed by atoms with van der Waals surface area (Å²) in [5, 5.41) is 0. The van der Waals surface area contributed by atoms with Crippen molar-refractivity contribution < 1.29 is 28.6 Å². The fourth-order valence-electron chi connectivity index (χ4n) is 10.7. The molecule has 0 aromatic carbocycles. The smallest absolute Gasteiger partial charge is 0.306 e. The Morgan fingerprint density at radius 3 is 0.541 bits per heavy atom. The van der Waals surface area contributed by atoms with Crippen LogP contribution in [-0.4, -0.2) is 37.2 Å². The number of hydrogen-bond acceptors (Lipinski definition) is 6. The molecule has 1 atom stereocenters. The molecule has 0 saturated carbocycles. The van der Waals surface area contributed by atoms with Gasteiger partial charge in [-0.3, -0.25) is 14.4 Å². The third-order valence-electron chi connectivity index (χ3n) is 15.9. The maximum Gasteiger partial charge on any atom is 0.306 e. The van der Waals surface area contributed by atoms with Crippen molar-refractivity contribution in [3.63, 3.8) is 0 Å². The topological polar surface area (TPSA) is 78.9 Å². The Labute approximate surface area is 463 Å². The van der Waals surface area contributed by atoms with Crippen molar-refractivity contribution in [3.05, 3.63) is 0 Å². The van der Waals surface area contributed by atoms with Crippen LogP contribution in [0.5, 0.6) is 0 Å². The number of ether oxygens (including phenoxy) is 3. The van der Waals surface area contributed by atoms with Crippen LogP contribution in [0.4, 0.5) is 0 Å². The first-order chi connectivity index (χ1) is 36.5. The molecule has 0 rings (SSSR count). The molecule has 1 unspecified atom stereocenters. The molecule has 0 radical (unpaired) electrons. The van der Waals surface area contributed by atoms with Gasteiger partial charge in [0.15, 0.2) is 6.10 Å². The lowest BCUT2D eigenvalue weighted by molar-refractivity contribution is -0.167. The van der Waals surface area contributed by atoms with Gasteiger partial charge in [0.2, 0.25) is 0 Å². The summed E-state index contributed by atoms with van der Waals surface area (Å²) in [5.41, 5.74) is 0. The fraction of sp³-hybridized carbons (Fsp3) is 0.956. The summed E-state index contributed by atoms with van der Waals surface area (Å²) >= 11 is 0. The molecule has 6 nitrogen and oxygen atoms in total. The molecule has 440 valence electrons. The van der Waals surface area contributed by atoms with Crippen LogP contribution in [0, 0.1) is 0 Å². The lowest BCUT2D eigenvalue weighted by Gasteiger charge is -2.18. The molecule has 0 aliphatic carbocycles. The summed E-state index contributed by atoms with van der Waals surface area (Å²) in [7, 11) is 0. The van der Waals surface area contributed by atoms with E-state index in [1.165, 1.54) is 302 Å². The van der Waals surface area contributed by atoms with Crippen LogP contribution in [0.2, 0.25) is 0 Å². The molecule has 0 amide bonds. The maximum absolute atomic E-state index is 12.9. The average Bonchev–Trinajstić information content (AvgIpc) is 3.40. The molecule has 0 heterocycles. The standard InChI is InChI=1S/C68H132O6/c1-4-7-10-13-16-19-22-24-26-28-30-32-34-36-37-39-41-43-46-49-52-55-58-61-67(70)73-64-65(63-72-66(69)60-57-54-51-48-45-21-18-15-12-9-6-3)74-68(71)62-59-56-53-50-47-44-42-40-38-35-33-31-29-27-25-23-20-17-14-11-8-5-2/h65H,4-64H2,1-3H3. The number of carbonyl (C=O) groups excluding carboxylic acids is 3. The second-order valence-electron chi connectivity index (χ2n) is 23.5. The summed E-state index contributed by atoms with van der Waals surface area (Å²) in [6, 6.07) is 0. The molecule has 0 fully saturated rings. The van der Waals surface area contributed by atoms with Crippen molar-refractivity contribution in [2.45, 2.75) is 406 Å². The van der Waals surface area contributed by atoms with Crippen molar-refractivity contribution in [2.24, 2.45) is 0 Å². The maximum atomic E-state index is 12.9. The molecule has 0 bridgehead atoms. The van der Waals surface area contributed by atoms with E-state index in [2.05, 4.69) is 20.8 Å². The van der Waals surface area contributed by atoms with Crippen LogP contribution in [0.1, 0.15) is 400 Å². The molecule has 0 saturated heterocycles. The Balaban J connectivity index is 4.16. The highest BCUT2D eigenvalue weighted by Crippen LogP contribution is 2.19. The van der Waals surface area contributed by atoms with E-state index in [0.29, 0.717) is 19.3 Å². The minimum absolute atomic E-state index is 0.0605. The van der Waals surface area contributed by atoms with Crippen LogP contribution in [-0.2, 0) is 28.6 Å². The molecular formula is C68H132O6. The van der Waals surface area contributed by atoms with E-state index in [1.807, 2.05) is 0 Å². The third kappa shape index (κ3) is 61.3. The zero-order valence-corrected chi connectivity index (χ0v) is 50.7. The second kappa shape index (κ2) is 63.9. The number of unbranched alkanes of at least 4 members (excludes halogenated alkanes) is 53. The van der Waals surface area contributed by atoms with Crippen molar-refractivity contribution >= 4 is 17.9 Å². The first kappa shape index (κ1) is 72.4. The van der Waals surface area contributed by atoms with Gasteiger partial charge < -0.3 is 14.2 Å². The van der Waals surface area contributed by atoms with E-state index < -0.39 is 6.10 Å². The summed E-state index contributed by atoms with van der Waals surface area (Å²) in [6.07, 6.45) is 74.2. The highest BCUT2D eigenvalue weighted by atomic mass is 16.6. The van der Waals surface area contributed by atoms with Gasteiger partial charge >= 0.3 is 17.9 Å². The van der Waals surface area contributed by atoms with Gasteiger partial charge in [-0.15, -0.1) is 0 Å². The molecular weight excluding hydrogens is 913 g/mol. The van der Waals surface area contributed by atoms with Gasteiger partial charge in [-0.05, 0) is 19.3 Å². The number of rotatable bonds is 64. The molecule has 6 heteroatoms. The van der Waals surface area contributed by atoms with Crippen LogP contribution < -0.4 is 0 Å². The van der Waals surface area contributed by atoms with Gasteiger partial charge in [-0.2, -0.15) is 0 Å². The summed E-state index contributed by atoms with van der Waals surface area (Å²) < 4.78 is 17.0. The molecule has 0 spiro atoms. The summed E-state index contributed by atoms with van der Waals surface area (Å²) in [4.78, 5) is 38.3. The number of esters is 3. The van der Waals surface area contributed by atoms with E-state index in [1.54, 1.807) is 0 Å². The summed E-state index contributed by atoms with van der Waals surface area (Å²) in [6.45, 7) is 6.73. The van der Waals surface area contributed by atoms with Crippen LogP contribution in [0.3, 0.4) is 0 Å². The van der Waals surface area contributed by atoms with Crippen molar-refractivity contribution in [1.29, 1.82) is 0 Å². The Bertz CT molecular complexity index is 1110. The molecule has 0 aliphatic heterocycles. The molecule has 0 aliphatic rings. The SMILES string of the molecule is CCCCCCCCCCCCCCCCCCCCCCCCCC(=O)OCC(COC(=O)CCCCCCCCCCCCC)OC(=O)CCCCCCCCCCCCCCCCCCCCCCCC. The fourth-order valence-corrected chi connectivity index (χ4v) is 10.7. The highest BCUT2D eigenvalue weighted by Gasteiger charge is 2.19.